The second kappa shape index (κ2) is 10.1. The predicted molar refractivity (Wildman–Crippen MR) is 127 cm³/mol. The molecule has 0 radical (unpaired) electrons. The number of nitriles is 1. The molecule has 3 N–H and O–H groups in total. The molecule has 3 aromatic heterocycles. The lowest BCUT2D eigenvalue weighted by atomic mass is 10.1. The molecule has 8 heteroatoms. The first-order valence-corrected chi connectivity index (χ1v) is 10.6. The first-order chi connectivity index (χ1) is 16.5. The highest BCUT2D eigenvalue weighted by Crippen LogP contribution is 2.36. The average Bonchev–Trinajstić information content (AvgIpc) is 2.88. The third-order valence-corrected chi connectivity index (χ3v) is 5.17. The molecule has 0 amide bonds. The molecular formula is C26H23N5O3. The van der Waals surface area contributed by atoms with E-state index < -0.39 is 6.10 Å². The molecule has 1 unspecified atom stereocenters. The smallest absolute Gasteiger partial charge is 0.146 e. The van der Waals surface area contributed by atoms with Crippen molar-refractivity contribution in [3.63, 3.8) is 0 Å². The van der Waals surface area contributed by atoms with Crippen LogP contribution in [0.25, 0.3) is 22.6 Å². The first-order valence-electron chi connectivity index (χ1n) is 10.6. The molecule has 0 fully saturated rings. The van der Waals surface area contributed by atoms with Gasteiger partial charge in [-0.3, -0.25) is 15.0 Å². The van der Waals surface area contributed by atoms with Gasteiger partial charge in [-0.25, -0.2) is 0 Å². The number of aliphatic hydroxyl groups is 1. The second-order valence-corrected chi connectivity index (χ2v) is 7.54. The molecule has 8 nitrogen and oxygen atoms in total. The van der Waals surface area contributed by atoms with Crippen molar-refractivity contribution in [1.29, 1.82) is 5.26 Å². The molecule has 3 heterocycles. The van der Waals surface area contributed by atoms with Crippen LogP contribution in [0.5, 0.6) is 17.2 Å². The Labute approximate surface area is 197 Å². The highest BCUT2D eigenvalue weighted by atomic mass is 16.5. The van der Waals surface area contributed by atoms with Gasteiger partial charge >= 0.3 is 0 Å². The normalized spacial score (nSPS) is 11.5. The van der Waals surface area contributed by atoms with Crippen LogP contribution >= 0.6 is 0 Å². The molecule has 0 saturated heterocycles. The minimum atomic E-state index is -0.778. The molecule has 170 valence electrons. The standard InChI is InChI=1S/C26H23N5O3/c1-16-10-19(12-22(31-16)26-24(33-2)4-3-9-29-26)34-25-11-17(13-27)5-7-20(25)21-8-6-18(15-30-21)23(32)14-28/h3-12,15,23,32H,14,28H2,1-2H3. The number of benzene rings is 1. The van der Waals surface area contributed by atoms with Crippen molar-refractivity contribution >= 4 is 0 Å². The summed E-state index contributed by atoms with van der Waals surface area (Å²) in [6.07, 6.45) is 2.48. The summed E-state index contributed by atoms with van der Waals surface area (Å²) in [4.78, 5) is 13.5. The van der Waals surface area contributed by atoms with Crippen LogP contribution in [0.4, 0.5) is 0 Å². The lowest BCUT2D eigenvalue weighted by Crippen LogP contribution is -2.11. The SMILES string of the molecule is COc1cccnc1-c1cc(Oc2cc(C#N)ccc2-c2ccc(C(O)CN)cn2)cc(C)n1. The van der Waals surface area contributed by atoms with Crippen molar-refractivity contribution in [3.05, 3.63) is 83.8 Å². The van der Waals surface area contributed by atoms with E-state index in [1.54, 1.807) is 68.0 Å². The second-order valence-electron chi connectivity index (χ2n) is 7.54. The highest BCUT2D eigenvalue weighted by Gasteiger charge is 2.15. The van der Waals surface area contributed by atoms with E-state index in [-0.39, 0.29) is 6.54 Å². The van der Waals surface area contributed by atoms with E-state index in [0.29, 0.717) is 51.0 Å². The molecule has 4 aromatic rings. The average molecular weight is 454 g/mol. The zero-order valence-corrected chi connectivity index (χ0v) is 18.8. The van der Waals surface area contributed by atoms with Gasteiger partial charge in [0.25, 0.3) is 0 Å². The number of aliphatic hydroxyl groups excluding tert-OH is 1. The summed E-state index contributed by atoms with van der Waals surface area (Å²) in [5.74, 6) is 1.59. The molecule has 1 aromatic carbocycles. The molecule has 1 atom stereocenters. The number of pyridine rings is 3. The van der Waals surface area contributed by atoms with Gasteiger partial charge in [-0.1, -0.05) is 6.07 Å². The molecule has 0 bridgehead atoms. The number of ether oxygens (including phenoxy) is 2. The van der Waals surface area contributed by atoms with Gasteiger partial charge in [-0.05, 0) is 43.3 Å². The van der Waals surface area contributed by atoms with Crippen molar-refractivity contribution in [1.82, 2.24) is 15.0 Å². The quantitative estimate of drug-likeness (QED) is 0.427. The minimum Gasteiger partial charge on any atom is -0.494 e. The van der Waals surface area contributed by atoms with Gasteiger partial charge in [0.1, 0.15) is 22.9 Å². The predicted octanol–water partition coefficient (Wildman–Crippen LogP) is 4.18. The molecule has 0 spiro atoms. The molecule has 4 rings (SSSR count). The van der Waals surface area contributed by atoms with Crippen molar-refractivity contribution in [2.24, 2.45) is 5.73 Å². The van der Waals surface area contributed by atoms with Crippen LogP contribution in [-0.4, -0.2) is 33.7 Å². The van der Waals surface area contributed by atoms with Crippen molar-refractivity contribution in [2.45, 2.75) is 13.0 Å². The summed E-state index contributed by atoms with van der Waals surface area (Å²) >= 11 is 0. The molecular weight excluding hydrogens is 430 g/mol. The number of rotatable bonds is 7. The van der Waals surface area contributed by atoms with Crippen molar-refractivity contribution in [2.75, 3.05) is 13.7 Å². The van der Waals surface area contributed by atoms with Crippen LogP contribution in [0, 0.1) is 18.3 Å². The van der Waals surface area contributed by atoms with Crippen molar-refractivity contribution < 1.29 is 14.6 Å². The van der Waals surface area contributed by atoms with E-state index in [2.05, 4.69) is 21.0 Å². The summed E-state index contributed by atoms with van der Waals surface area (Å²) in [6.45, 7) is 1.97. The Morgan fingerprint density at radius 1 is 1.06 bits per heavy atom. The lowest BCUT2D eigenvalue weighted by molar-refractivity contribution is 0.186. The number of hydrogen-bond acceptors (Lipinski definition) is 8. The van der Waals surface area contributed by atoms with Crippen LogP contribution in [0.15, 0.2) is 67.0 Å². The minimum absolute atomic E-state index is 0.108. The van der Waals surface area contributed by atoms with Gasteiger partial charge in [-0.15, -0.1) is 0 Å². The van der Waals surface area contributed by atoms with Gasteiger partial charge < -0.3 is 20.3 Å². The van der Waals surface area contributed by atoms with Crippen LogP contribution in [-0.2, 0) is 0 Å². The maximum absolute atomic E-state index is 9.95. The number of nitrogens with zero attached hydrogens (tertiary/aromatic N) is 4. The van der Waals surface area contributed by atoms with E-state index in [1.165, 1.54) is 0 Å². The van der Waals surface area contributed by atoms with Gasteiger partial charge in [0, 0.05) is 47.9 Å². The summed E-state index contributed by atoms with van der Waals surface area (Å²) in [6, 6.07) is 18.0. The van der Waals surface area contributed by atoms with Crippen LogP contribution in [0.3, 0.4) is 0 Å². The number of aromatic nitrogens is 3. The molecule has 0 aliphatic heterocycles. The number of methoxy groups -OCH3 is 1. The van der Waals surface area contributed by atoms with E-state index in [1.807, 2.05) is 13.0 Å². The number of hydrogen-bond donors (Lipinski definition) is 2. The molecule has 34 heavy (non-hydrogen) atoms. The maximum Gasteiger partial charge on any atom is 0.146 e. The topological polar surface area (TPSA) is 127 Å². The Kier molecular flexibility index (Phi) is 6.78. The van der Waals surface area contributed by atoms with E-state index in [4.69, 9.17) is 15.2 Å². The van der Waals surface area contributed by atoms with Gasteiger partial charge in [0.2, 0.25) is 0 Å². The number of aryl methyl sites for hydroxylation is 1. The van der Waals surface area contributed by atoms with Crippen LogP contribution < -0.4 is 15.2 Å². The lowest BCUT2D eigenvalue weighted by Gasteiger charge is -2.14. The van der Waals surface area contributed by atoms with Crippen molar-refractivity contribution in [3.8, 4) is 46.0 Å². The fourth-order valence-electron chi connectivity index (χ4n) is 3.48. The van der Waals surface area contributed by atoms with E-state index >= 15 is 0 Å². The molecule has 0 aliphatic carbocycles. The summed E-state index contributed by atoms with van der Waals surface area (Å²) in [5, 5.41) is 19.4. The Balaban J connectivity index is 1.74. The van der Waals surface area contributed by atoms with Gasteiger partial charge in [0.05, 0.1) is 36.2 Å². The molecule has 0 aliphatic rings. The monoisotopic (exact) mass is 453 g/mol. The Morgan fingerprint density at radius 3 is 2.62 bits per heavy atom. The third-order valence-electron chi connectivity index (χ3n) is 5.17. The van der Waals surface area contributed by atoms with E-state index in [9.17, 15) is 10.4 Å². The zero-order valence-electron chi connectivity index (χ0n) is 18.8. The summed E-state index contributed by atoms with van der Waals surface area (Å²) in [7, 11) is 1.58. The summed E-state index contributed by atoms with van der Waals surface area (Å²) < 4.78 is 11.7. The zero-order chi connectivity index (χ0) is 24.1. The Hall–Kier alpha value is -4.32. The van der Waals surface area contributed by atoms with Gasteiger partial charge in [-0.2, -0.15) is 5.26 Å². The Bertz CT molecular complexity index is 1350. The third kappa shape index (κ3) is 4.86. The molecule has 0 saturated carbocycles. The highest BCUT2D eigenvalue weighted by molar-refractivity contribution is 5.70. The Morgan fingerprint density at radius 2 is 1.91 bits per heavy atom. The van der Waals surface area contributed by atoms with Gasteiger partial charge in [0.15, 0.2) is 0 Å². The van der Waals surface area contributed by atoms with E-state index in [0.717, 1.165) is 5.69 Å². The summed E-state index contributed by atoms with van der Waals surface area (Å²) in [5.41, 5.74) is 9.86. The fraction of sp³-hybridized carbons (Fsp3) is 0.154. The largest absolute Gasteiger partial charge is 0.494 e. The maximum atomic E-state index is 9.95. The number of nitrogens with two attached hydrogens (primary N) is 1. The fourth-order valence-corrected chi connectivity index (χ4v) is 3.48. The first kappa shape index (κ1) is 22.9. The van der Waals surface area contributed by atoms with Crippen LogP contribution in [0.1, 0.15) is 22.9 Å². The van der Waals surface area contributed by atoms with Crippen LogP contribution in [0.2, 0.25) is 0 Å².